The van der Waals surface area contributed by atoms with E-state index in [1.54, 1.807) is 0 Å². The van der Waals surface area contributed by atoms with Crippen LogP contribution < -0.4 is 0 Å². The molecule has 3 rings (SSSR count). The zero-order valence-corrected chi connectivity index (χ0v) is 14.0. The molecule has 1 aliphatic rings. The summed E-state index contributed by atoms with van der Waals surface area (Å²) in [6, 6.07) is 9.35. The monoisotopic (exact) mass is 313 g/mol. The van der Waals surface area contributed by atoms with E-state index in [0.717, 1.165) is 32.4 Å². The minimum Gasteiger partial charge on any atom is -0.396 e. The molecule has 1 N–H and O–H groups in total. The number of benzene rings is 1. The third-order valence-corrected chi connectivity index (χ3v) is 4.81. The van der Waals surface area contributed by atoms with Crippen molar-refractivity contribution in [1.29, 1.82) is 0 Å². The number of aliphatic hydroxyl groups excluding tert-OH is 1. The van der Waals surface area contributed by atoms with Gasteiger partial charge in [0.05, 0.1) is 6.20 Å². The summed E-state index contributed by atoms with van der Waals surface area (Å²) in [6.07, 6.45) is 9.50. The van der Waals surface area contributed by atoms with Crippen LogP contribution in [-0.4, -0.2) is 39.5 Å². The summed E-state index contributed by atoms with van der Waals surface area (Å²) in [6.45, 7) is 2.32. The van der Waals surface area contributed by atoms with Crippen molar-refractivity contribution in [1.82, 2.24) is 14.7 Å². The van der Waals surface area contributed by atoms with Gasteiger partial charge >= 0.3 is 0 Å². The zero-order valence-electron chi connectivity index (χ0n) is 14.0. The first-order valence-corrected chi connectivity index (χ1v) is 8.68. The minimum absolute atomic E-state index is 0.271. The summed E-state index contributed by atoms with van der Waals surface area (Å²) >= 11 is 0. The van der Waals surface area contributed by atoms with Crippen LogP contribution in [0.25, 0.3) is 0 Å². The molecule has 0 saturated carbocycles. The Morgan fingerprint density at radius 3 is 2.87 bits per heavy atom. The second-order valence-corrected chi connectivity index (χ2v) is 6.49. The molecule has 0 aliphatic heterocycles. The number of aromatic nitrogens is 2. The van der Waals surface area contributed by atoms with E-state index in [9.17, 15) is 5.11 Å². The van der Waals surface area contributed by atoms with Gasteiger partial charge < -0.3 is 5.11 Å². The molecular formula is C19H27N3O. The smallest absolute Gasteiger partial charge is 0.0521 e. The fourth-order valence-electron chi connectivity index (χ4n) is 3.70. The number of aryl methyl sites for hydroxylation is 3. The fourth-order valence-corrected chi connectivity index (χ4v) is 3.70. The van der Waals surface area contributed by atoms with Gasteiger partial charge in [-0.2, -0.15) is 5.10 Å². The van der Waals surface area contributed by atoms with E-state index in [1.807, 2.05) is 17.9 Å². The highest BCUT2D eigenvalue weighted by Gasteiger charge is 2.26. The maximum absolute atomic E-state index is 9.22. The first-order valence-electron chi connectivity index (χ1n) is 8.68. The van der Waals surface area contributed by atoms with Gasteiger partial charge in [-0.1, -0.05) is 24.3 Å². The highest BCUT2D eigenvalue weighted by Crippen LogP contribution is 2.35. The number of fused-ring (bicyclic) bond motifs is 1. The molecule has 0 spiro atoms. The molecule has 0 amide bonds. The van der Waals surface area contributed by atoms with Crippen LogP contribution in [0.1, 0.15) is 42.0 Å². The average Bonchev–Trinajstić information content (AvgIpc) is 3.17. The van der Waals surface area contributed by atoms with Crippen molar-refractivity contribution in [2.24, 2.45) is 7.05 Å². The van der Waals surface area contributed by atoms with Crippen molar-refractivity contribution in [2.75, 3.05) is 19.7 Å². The lowest BCUT2D eigenvalue weighted by Crippen LogP contribution is -2.30. The van der Waals surface area contributed by atoms with Crippen LogP contribution in [0.15, 0.2) is 36.7 Å². The van der Waals surface area contributed by atoms with Crippen LogP contribution >= 0.6 is 0 Å². The maximum Gasteiger partial charge on any atom is 0.0521 e. The van der Waals surface area contributed by atoms with Crippen LogP contribution in [0.2, 0.25) is 0 Å². The molecule has 0 radical (unpaired) electrons. The molecule has 0 unspecified atom stereocenters. The van der Waals surface area contributed by atoms with Crippen molar-refractivity contribution in [3.8, 4) is 0 Å². The molecule has 0 saturated heterocycles. The Labute approximate surface area is 138 Å². The van der Waals surface area contributed by atoms with Gasteiger partial charge in [-0.05, 0) is 55.3 Å². The van der Waals surface area contributed by atoms with Crippen molar-refractivity contribution in [3.05, 3.63) is 53.3 Å². The predicted molar refractivity (Wildman–Crippen MR) is 92.3 cm³/mol. The Balaban J connectivity index is 1.61. The summed E-state index contributed by atoms with van der Waals surface area (Å²) in [7, 11) is 1.96. The van der Waals surface area contributed by atoms with Gasteiger partial charge in [-0.3, -0.25) is 9.58 Å². The van der Waals surface area contributed by atoms with Crippen LogP contribution in [0, 0.1) is 0 Å². The topological polar surface area (TPSA) is 41.3 Å². The Morgan fingerprint density at radius 2 is 2.09 bits per heavy atom. The summed E-state index contributed by atoms with van der Waals surface area (Å²) in [4.78, 5) is 2.57. The molecule has 1 atom stereocenters. The molecule has 1 aromatic carbocycles. The Bertz CT molecular complexity index is 623. The third-order valence-electron chi connectivity index (χ3n) is 4.81. The summed E-state index contributed by atoms with van der Waals surface area (Å²) in [5.74, 6) is 0. The Morgan fingerprint density at radius 1 is 1.26 bits per heavy atom. The quantitative estimate of drug-likeness (QED) is 0.815. The normalized spacial score (nSPS) is 16.9. The van der Waals surface area contributed by atoms with Crippen LogP contribution in [0.3, 0.4) is 0 Å². The van der Waals surface area contributed by atoms with E-state index in [-0.39, 0.29) is 6.61 Å². The second-order valence-electron chi connectivity index (χ2n) is 6.49. The molecule has 0 fully saturated rings. The average molecular weight is 313 g/mol. The van der Waals surface area contributed by atoms with Crippen LogP contribution in [-0.2, 0) is 19.9 Å². The van der Waals surface area contributed by atoms with Gasteiger partial charge in [0.2, 0.25) is 0 Å². The van der Waals surface area contributed by atoms with Crippen LogP contribution in [0.5, 0.6) is 0 Å². The summed E-state index contributed by atoms with van der Waals surface area (Å²) in [5, 5.41) is 13.5. The highest BCUT2D eigenvalue weighted by atomic mass is 16.3. The standard InChI is InChI=1S/C19H27N3O/c1-21-15-16(14-20-21)6-4-11-22(12-5-13-23)19-10-9-17-7-2-3-8-18(17)19/h2-3,7-8,14-15,19,23H,4-6,9-13H2,1H3/t19-/m1/s1. The minimum atomic E-state index is 0.271. The lowest BCUT2D eigenvalue weighted by Gasteiger charge is -2.29. The van der Waals surface area contributed by atoms with Crippen molar-refractivity contribution < 1.29 is 5.11 Å². The first kappa shape index (κ1) is 16.2. The van der Waals surface area contributed by atoms with Crippen molar-refractivity contribution in [3.63, 3.8) is 0 Å². The summed E-state index contributed by atoms with van der Waals surface area (Å²) < 4.78 is 1.87. The Hall–Kier alpha value is -1.65. The van der Waals surface area contributed by atoms with Crippen LogP contribution in [0.4, 0.5) is 0 Å². The Kier molecular flexibility index (Phi) is 5.47. The van der Waals surface area contributed by atoms with Gasteiger partial charge in [-0.15, -0.1) is 0 Å². The van der Waals surface area contributed by atoms with E-state index in [2.05, 4.69) is 40.5 Å². The van der Waals surface area contributed by atoms with E-state index >= 15 is 0 Å². The predicted octanol–water partition coefficient (Wildman–Crippen LogP) is 2.72. The lowest BCUT2D eigenvalue weighted by molar-refractivity contribution is 0.171. The molecule has 4 nitrogen and oxygen atoms in total. The van der Waals surface area contributed by atoms with E-state index in [1.165, 1.54) is 29.5 Å². The fraction of sp³-hybridized carbons (Fsp3) is 0.526. The van der Waals surface area contributed by atoms with E-state index in [0.29, 0.717) is 6.04 Å². The van der Waals surface area contributed by atoms with Gasteiger partial charge in [0, 0.05) is 32.4 Å². The van der Waals surface area contributed by atoms with E-state index < -0.39 is 0 Å². The van der Waals surface area contributed by atoms with Gasteiger partial charge in [-0.25, -0.2) is 0 Å². The van der Waals surface area contributed by atoms with Crippen molar-refractivity contribution >= 4 is 0 Å². The number of hydrogen-bond donors (Lipinski definition) is 1. The molecule has 1 aliphatic carbocycles. The molecule has 4 heteroatoms. The first-order chi connectivity index (χ1) is 11.3. The molecule has 23 heavy (non-hydrogen) atoms. The van der Waals surface area contributed by atoms with Crippen molar-refractivity contribution in [2.45, 2.75) is 38.1 Å². The molecule has 2 aromatic rings. The van der Waals surface area contributed by atoms with Gasteiger partial charge in [0.15, 0.2) is 0 Å². The SMILES string of the molecule is Cn1cc(CCCN(CCCO)[C@@H]2CCc3ccccc32)cn1. The van der Waals surface area contributed by atoms with E-state index in [4.69, 9.17) is 0 Å². The molecular weight excluding hydrogens is 286 g/mol. The van der Waals surface area contributed by atoms with Gasteiger partial charge in [0.1, 0.15) is 0 Å². The van der Waals surface area contributed by atoms with Gasteiger partial charge in [0.25, 0.3) is 0 Å². The second kappa shape index (κ2) is 7.75. The number of rotatable bonds is 8. The molecule has 124 valence electrons. The third kappa shape index (κ3) is 4.01. The number of nitrogens with zero attached hydrogens (tertiary/aromatic N) is 3. The molecule has 0 bridgehead atoms. The largest absolute Gasteiger partial charge is 0.396 e. The molecule has 1 heterocycles. The number of aliphatic hydroxyl groups is 1. The zero-order chi connectivity index (χ0) is 16.1. The highest BCUT2D eigenvalue weighted by molar-refractivity contribution is 5.34. The lowest BCUT2D eigenvalue weighted by atomic mass is 10.1. The molecule has 1 aromatic heterocycles. The summed E-state index contributed by atoms with van der Waals surface area (Å²) in [5.41, 5.74) is 4.30. The maximum atomic E-state index is 9.22. The number of hydrogen-bond acceptors (Lipinski definition) is 3.